The molecule has 4 nitrogen and oxygen atoms in total. The lowest BCUT2D eigenvalue weighted by Gasteiger charge is -2.04. The molecule has 2 rings (SSSR count). The quantitative estimate of drug-likeness (QED) is 0.326. The number of phenols is 1. The fourth-order valence-corrected chi connectivity index (χ4v) is 4.01. The Balaban J connectivity index is 2.14. The second kappa shape index (κ2) is 7.80. The number of amides is 1. The van der Waals surface area contributed by atoms with Crippen molar-refractivity contribution < 1.29 is 9.90 Å². The van der Waals surface area contributed by atoms with Gasteiger partial charge in [-0.05, 0) is 75.5 Å². The zero-order valence-corrected chi connectivity index (χ0v) is 16.6. The van der Waals surface area contributed by atoms with Gasteiger partial charge in [0.25, 0.3) is 5.91 Å². The maximum atomic E-state index is 12.0. The molecule has 0 spiro atoms. The number of benzene rings is 2. The molecule has 0 fully saturated rings. The van der Waals surface area contributed by atoms with Crippen LogP contribution in [0.2, 0.25) is 10.0 Å². The Morgan fingerprint density at radius 1 is 1.14 bits per heavy atom. The van der Waals surface area contributed by atoms with Gasteiger partial charge in [-0.1, -0.05) is 23.2 Å². The smallest absolute Gasteiger partial charge is 0.271 e. The third-order valence-electron chi connectivity index (χ3n) is 2.55. The normalized spacial score (nSPS) is 10.9. The van der Waals surface area contributed by atoms with Crippen molar-refractivity contribution in [2.24, 2.45) is 5.10 Å². The summed E-state index contributed by atoms with van der Waals surface area (Å²) in [5.41, 5.74) is 3.18. The summed E-state index contributed by atoms with van der Waals surface area (Å²) in [6.45, 7) is 0. The number of aromatic hydroxyl groups is 1. The molecule has 0 saturated carbocycles. The maximum Gasteiger partial charge on any atom is 0.271 e. The van der Waals surface area contributed by atoms with Crippen molar-refractivity contribution in [2.45, 2.75) is 0 Å². The molecule has 1 amide bonds. The van der Waals surface area contributed by atoms with Gasteiger partial charge in [0, 0.05) is 24.7 Å². The van der Waals surface area contributed by atoms with E-state index in [0.717, 1.165) is 3.57 Å². The van der Waals surface area contributed by atoms with Gasteiger partial charge in [0.15, 0.2) is 0 Å². The van der Waals surface area contributed by atoms with E-state index < -0.39 is 5.91 Å². The molecule has 0 aliphatic carbocycles. The lowest BCUT2D eigenvalue weighted by atomic mass is 10.2. The van der Waals surface area contributed by atoms with Crippen molar-refractivity contribution in [1.29, 1.82) is 0 Å². The molecule has 0 saturated heterocycles. The van der Waals surface area contributed by atoms with Crippen LogP contribution in [0.4, 0.5) is 0 Å². The monoisotopic (exact) mass is 560 g/mol. The SMILES string of the molecule is O=C(N/N=C/c1cc(I)cc(I)c1O)c1cc(Cl)cc(Cl)c1. The van der Waals surface area contributed by atoms with Crippen molar-refractivity contribution in [1.82, 2.24) is 5.43 Å². The fourth-order valence-electron chi connectivity index (χ4n) is 1.59. The molecule has 0 atom stereocenters. The number of hydrogen-bond donors (Lipinski definition) is 2. The Bertz CT molecular complexity index is 746. The molecule has 2 aromatic carbocycles. The average Bonchev–Trinajstić information content (AvgIpc) is 2.42. The number of nitrogens with zero attached hydrogens (tertiary/aromatic N) is 1. The van der Waals surface area contributed by atoms with E-state index in [4.69, 9.17) is 23.2 Å². The highest BCUT2D eigenvalue weighted by molar-refractivity contribution is 14.1. The minimum Gasteiger partial charge on any atom is -0.506 e. The molecule has 0 bridgehead atoms. The molecule has 0 aliphatic heterocycles. The lowest BCUT2D eigenvalue weighted by Crippen LogP contribution is -2.17. The number of rotatable bonds is 3. The van der Waals surface area contributed by atoms with Crippen molar-refractivity contribution in [3.8, 4) is 5.75 Å². The van der Waals surface area contributed by atoms with Gasteiger partial charge in [-0.2, -0.15) is 5.10 Å². The summed E-state index contributed by atoms with van der Waals surface area (Å²) >= 11 is 15.8. The Morgan fingerprint density at radius 2 is 1.77 bits per heavy atom. The van der Waals surface area contributed by atoms with Crippen LogP contribution in [0, 0.1) is 7.14 Å². The highest BCUT2D eigenvalue weighted by Crippen LogP contribution is 2.25. The number of carbonyl (C=O) groups is 1. The first-order valence-corrected chi connectivity index (χ1v) is 8.75. The minimum absolute atomic E-state index is 0.116. The van der Waals surface area contributed by atoms with E-state index in [0.29, 0.717) is 24.7 Å². The summed E-state index contributed by atoms with van der Waals surface area (Å²) in [5.74, 6) is -0.328. The van der Waals surface area contributed by atoms with Gasteiger partial charge in [0.1, 0.15) is 5.75 Å². The van der Waals surface area contributed by atoms with Gasteiger partial charge in [-0.15, -0.1) is 0 Å². The Morgan fingerprint density at radius 3 is 2.41 bits per heavy atom. The molecule has 0 radical (unpaired) electrons. The van der Waals surface area contributed by atoms with E-state index in [9.17, 15) is 9.90 Å². The maximum absolute atomic E-state index is 12.0. The number of carbonyl (C=O) groups excluding carboxylic acids is 1. The molecular formula is C14H8Cl2I2N2O2. The van der Waals surface area contributed by atoms with Crippen molar-refractivity contribution in [2.75, 3.05) is 0 Å². The second-order valence-electron chi connectivity index (χ2n) is 4.18. The van der Waals surface area contributed by atoms with Crippen molar-refractivity contribution in [3.05, 3.63) is 58.6 Å². The van der Waals surface area contributed by atoms with Crippen LogP contribution in [0.5, 0.6) is 5.75 Å². The van der Waals surface area contributed by atoms with Gasteiger partial charge in [0.05, 0.1) is 9.78 Å². The highest BCUT2D eigenvalue weighted by Gasteiger charge is 2.08. The van der Waals surface area contributed by atoms with Crippen molar-refractivity contribution in [3.63, 3.8) is 0 Å². The molecule has 8 heteroatoms. The zero-order chi connectivity index (χ0) is 16.3. The number of halogens is 4. The van der Waals surface area contributed by atoms with Gasteiger partial charge < -0.3 is 5.11 Å². The lowest BCUT2D eigenvalue weighted by molar-refractivity contribution is 0.0955. The van der Waals surface area contributed by atoms with E-state index in [-0.39, 0.29) is 5.75 Å². The van der Waals surface area contributed by atoms with Crippen LogP contribution >= 0.6 is 68.4 Å². The van der Waals surface area contributed by atoms with E-state index in [1.807, 2.05) is 28.7 Å². The number of phenolic OH excluding ortho intramolecular Hbond substituents is 1. The molecule has 2 N–H and O–H groups in total. The molecule has 0 aliphatic rings. The topological polar surface area (TPSA) is 61.7 Å². The molecule has 0 heterocycles. The van der Waals surface area contributed by atoms with Crippen LogP contribution in [-0.4, -0.2) is 17.2 Å². The van der Waals surface area contributed by atoms with Gasteiger partial charge in [-0.3, -0.25) is 4.79 Å². The third kappa shape index (κ3) is 4.71. The van der Waals surface area contributed by atoms with E-state index >= 15 is 0 Å². The van der Waals surface area contributed by atoms with Crippen LogP contribution in [0.15, 0.2) is 35.4 Å². The fraction of sp³-hybridized carbons (Fsp3) is 0. The van der Waals surface area contributed by atoms with Gasteiger partial charge in [-0.25, -0.2) is 5.43 Å². The molecule has 0 aromatic heterocycles. The number of hydrogen-bond acceptors (Lipinski definition) is 3. The van der Waals surface area contributed by atoms with Crippen LogP contribution in [-0.2, 0) is 0 Å². The predicted octanol–water partition coefficient (Wildman–Crippen LogP) is 4.67. The summed E-state index contributed by atoms with van der Waals surface area (Å²) < 4.78 is 1.66. The molecule has 22 heavy (non-hydrogen) atoms. The molecule has 2 aromatic rings. The Kier molecular flexibility index (Phi) is 6.30. The first-order chi connectivity index (χ1) is 10.4. The standard InChI is InChI=1S/C14H8Cl2I2N2O2/c15-9-1-7(2-10(16)4-9)14(22)20-19-6-8-3-11(17)5-12(18)13(8)21/h1-6,21H,(H,20,22)/b19-6+. The van der Waals surface area contributed by atoms with E-state index in [1.54, 1.807) is 6.07 Å². The van der Waals surface area contributed by atoms with E-state index in [1.165, 1.54) is 24.4 Å². The summed E-state index contributed by atoms with van der Waals surface area (Å²) in [6, 6.07) is 8.10. The molecule has 114 valence electrons. The highest BCUT2D eigenvalue weighted by atomic mass is 127. The van der Waals surface area contributed by atoms with Crippen LogP contribution in [0.3, 0.4) is 0 Å². The largest absolute Gasteiger partial charge is 0.506 e. The summed E-state index contributed by atoms with van der Waals surface area (Å²) in [6.07, 6.45) is 1.38. The third-order valence-corrected chi connectivity index (χ3v) is 4.43. The summed E-state index contributed by atoms with van der Waals surface area (Å²) in [4.78, 5) is 12.0. The minimum atomic E-state index is -0.444. The summed E-state index contributed by atoms with van der Waals surface area (Å²) in [5, 5.41) is 14.5. The van der Waals surface area contributed by atoms with Gasteiger partial charge in [0.2, 0.25) is 0 Å². The Hall–Kier alpha value is -0.580. The molecule has 0 unspecified atom stereocenters. The summed E-state index contributed by atoms with van der Waals surface area (Å²) in [7, 11) is 0. The first kappa shape index (κ1) is 17.8. The zero-order valence-electron chi connectivity index (χ0n) is 10.8. The predicted molar refractivity (Wildman–Crippen MR) is 105 cm³/mol. The van der Waals surface area contributed by atoms with Crippen molar-refractivity contribution >= 4 is 80.5 Å². The van der Waals surface area contributed by atoms with Gasteiger partial charge >= 0.3 is 0 Å². The Labute approximate surface area is 164 Å². The molecular weight excluding hydrogens is 553 g/mol. The van der Waals surface area contributed by atoms with E-state index in [2.05, 4.69) is 33.1 Å². The average molecular weight is 561 g/mol. The van der Waals surface area contributed by atoms with Crippen LogP contribution < -0.4 is 5.43 Å². The first-order valence-electron chi connectivity index (χ1n) is 5.84. The number of nitrogens with one attached hydrogen (secondary N) is 1. The second-order valence-corrected chi connectivity index (χ2v) is 7.46. The van der Waals surface area contributed by atoms with Crippen LogP contribution in [0.1, 0.15) is 15.9 Å². The number of hydrazone groups is 1. The van der Waals surface area contributed by atoms with Crippen LogP contribution in [0.25, 0.3) is 0 Å².